The molecule has 2 aromatic rings. The van der Waals surface area contributed by atoms with Crippen molar-refractivity contribution in [3.63, 3.8) is 0 Å². The maximum atomic E-state index is 12.1. The van der Waals surface area contributed by atoms with Crippen molar-refractivity contribution in [2.75, 3.05) is 5.32 Å². The van der Waals surface area contributed by atoms with Crippen LogP contribution in [0.15, 0.2) is 30.3 Å². The number of carbonyl (C=O) groups excluding carboxylic acids is 2. The number of hydrogen-bond donors (Lipinski definition) is 1. The smallest absolute Gasteiger partial charge is 0.265 e. The van der Waals surface area contributed by atoms with Crippen LogP contribution in [0.2, 0.25) is 0 Å². The van der Waals surface area contributed by atoms with Crippen molar-refractivity contribution in [3.8, 4) is 0 Å². The van der Waals surface area contributed by atoms with E-state index in [0.29, 0.717) is 9.75 Å². The van der Waals surface area contributed by atoms with Crippen molar-refractivity contribution in [1.82, 2.24) is 0 Å². The van der Waals surface area contributed by atoms with Gasteiger partial charge in [0.2, 0.25) is 0 Å². The van der Waals surface area contributed by atoms with E-state index in [4.69, 9.17) is 0 Å². The summed E-state index contributed by atoms with van der Waals surface area (Å²) in [6.45, 7) is 5.47. The van der Waals surface area contributed by atoms with Crippen LogP contribution in [-0.2, 0) is 0 Å². The predicted octanol–water partition coefficient (Wildman–Crippen LogP) is 3.82. The molecule has 0 radical (unpaired) electrons. The number of benzene rings is 1. The summed E-state index contributed by atoms with van der Waals surface area (Å²) in [5, 5.41) is 2.85. The first-order chi connectivity index (χ1) is 8.95. The SMILES string of the molecule is CC(=O)c1ccc(C(=O)Nc2cc(C)cc(C)c2)s1. The lowest BCUT2D eigenvalue weighted by atomic mass is 10.1. The van der Waals surface area contributed by atoms with Crippen LogP contribution in [0, 0.1) is 13.8 Å². The van der Waals surface area contributed by atoms with E-state index in [2.05, 4.69) is 11.4 Å². The molecule has 0 atom stereocenters. The molecule has 0 saturated heterocycles. The van der Waals surface area contributed by atoms with Gasteiger partial charge in [-0.15, -0.1) is 11.3 Å². The van der Waals surface area contributed by atoms with Crippen molar-refractivity contribution < 1.29 is 9.59 Å². The maximum absolute atomic E-state index is 12.1. The first kappa shape index (κ1) is 13.5. The zero-order valence-corrected chi connectivity index (χ0v) is 11.9. The average molecular weight is 273 g/mol. The third-order valence-corrected chi connectivity index (χ3v) is 3.84. The highest BCUT2D eigenvalue weighted by Gasteiger charge is 2.11. The van der Waals surface area contributed by atoms with E-state index in [1.807, 2.05) is 26.0 Å². The van der Waals surface area contributed by atoms with Gasteiger partial charge in [-0.2, -0.15) is 0 Å². The van der Waals surface area contributed by atoms with E-state index in [0.717, 1.165) is 16.8 Å². The number of Topliss-reactive ketones (excluding diaryl/α,β-unsaturated/α-hetero) is 1. The third kappa shape index (κ3) is 3.29. The molecular formula is C15H15NO2S. The van der Waals surface area contributed by atoms with Crippen LogP contribution in [0.3, 0.4) is 0 Å². The molecule has 0 aliphatic heterocycles. The molecule has 1 aromatic carbocycles. The lowest BCUT2D eigenvalue weighted by molar-refractivity contribution is 0.101. The summed E-state index contributed by atoms with van der Waals surface area (Å²) in [7, 11) is 0. The van der Waals surface area contributed by atoms with Gasteiger partial charge in [-0.05, 0) is 56.2 Å². The Hall–Kier alpha value is -1.94. The molecule has 19 heavy (non-hydrogen) atoms. The largest absolute Gasteiger partial charge is 0.321 e. The maximum Gasteiger partial charge on any atom is 0.265 e. The highest BCUT2D eigenvalue weighted by atomic mass is 32.1. The van der Waals surface area contributed by atoms with E-state index in [1.165, 1.54) is 18.3 Å². The Labute approximate surface area is 116 Å². The van der Waals surface area contributed by atoms with Gasteiger partial charge in [0.1, 0.15) is 0 Å². The van der Waals surface area contributed by atoms with Crippen molar-refractivity contribution in [2.24, 2.45) is 0 Å². The normalized spacial score (nSPS) is 10.3. The number of rotatable bonds is 3. The van der Waals surface area contributed by atoms with Gasteiger partial charge in [-0.3, -0.25) is 9.59 Å². The van der Waals surface area contributed by atoms with E-state index >= 15 is 0 Å². The standard InChI is InChI=1S/C15H15NO2S/c1-9-6-10(2)8-12(7-9)16-15(18)14-5-4-13(19-14)11(3)17/h4-8H,1-3H3,(H,16,18). The second-order valence-corrected chi connectivity index (χ2v) is 5.63. The minimum atomic E-state index is -0.178. The minimum absolute atomic E-state index is 0.0181. The Bertz CT molecular complexity index is 623. The number of ketones is 1. The number of aryl methyl sites for hydroxylation is 2. The van der Waals surface area contributed by atoms with Crippen LogP contribution in [0.1, 0.15) is 37.4 Å². The Morgan fingerprint density at radius 1 is 1.00 bits per heavy atom. The first-order valence-electron chi connectivity index (χ1n) is 5.96. The molecule has 1 aromatic heterocycles. The Morgan fingerprint density at radius 3 is 2.11 bits per heavy atom. The first-order valence-corrected chi connectivity index (χ1v) is 6.78. The van der Waals surface area contributed by atoms with E-state index in [9.17, 15) is 9.59 Å². The fourth-order valence-corrected chi connectivity index (χ4v) is 2.69. The van der Waals surface area contributed by atoms with Crippen LogP contribution in [0.5, 0.6) is 0 Å². The van der Waals surface area contributed by atoms with Crippen LogP contribution in [-0.4, -0.2) is 11.7 Å². The molecule has 0 aliphatic rings. The molecule has 0 unspecified atom stereocenters. The number of amides is 1. The molecule has 1 amide bonds. The van der Waals surface area contributed by atoms with E-state index < -0.39 is 0 Å². The highest BCUT2D eigenvalue weighted by molar-refractivity contribution is 7.16. The Kier molecular flexibility index (Phi) is 3.81. The van der Waals surface area contributed by atoms with Gasteiger partial charge in [-0.25, -0.2) is 0 Å². The number of carbonyl (C=O) groups is 2. The van der Waals surface area contributed by atoms with Crippen molar-refractivity contribution in [3.05, 3.63) is 51.2 Å². The second kappa shape index (κ2) is 5.36. The topological polar surface area (TPSA) is 46.2 Å². The van der Waals surface area contributed by atoms with Crippen LogP contribution < -0.4 is 5.32 Å². The third-order valence-electron chi connectivity index (χ3n) is 2.66. The van der Waals surface area contributed by atoms with E-state index in [1.54, 1.807) is 12.1 Å². The molecular weight excluding hydrogens is 258 g/mol. The number of anilines is 1. The Balaban J connectivity index is 2.18. The molecule has 0 aliphatic carbocycles. The van der Waals surface area contributed by atoms with E-state index in [-0.39, 0.29) is 11.7 Å². The molecule has 4 heteroatoms. The highest BCUT2D eigenvalue weighted by Crippen LogP contribution is 2.20. The molecule has 0 fully saturated rings. The zero-order chi connectivity index (χ0) is 14.0. The molecule has 3 nitrogen and oxygen atoms in total. The van der Waals surface area contributed by atoms with Crippen LogP contribution in [0.4, 0.5) is 5.69 Å². The van der Waals surface area contributed by atoms with Crippen molar-refractivity contribution >= 4 is 28.7 Å². The monoisotopic (exact) mass is 273 g/mol. The summed E-state index contributed by atoms with van der Waals surface area (Å²) in [6.07, 6.45) is 0. The molecule has 0 spiro atoms. The fraction of sp³-hybridized carbons (Fsp3) is 0.200. The van der Waals surface area contributed by atoms with Gasteiger partial charge in [-0.1, -0.05) is 6.07 Å². The minimum Gasteiger partial charge on any atom is -0.321 e. The van der Waals surface area contributed by atoms with Gasteiger partial charge in [0.15, 0.2) is 5.78 Å². The lowest BCUT2D eigenvalue weighted by Crippen LogP contribution is -2.10. The van der Waals surface area contributed by atoms with Crippen molar-refractivity contribution in [1.29, 1.82) is 0 Å². The second-order valence-electron chi connectivity index (χ2n) is 4.55. The number of hydrogen-bond acceptors (Lipinski definition) is 3. The molecule has 1 heterocycles. The summed E-state index contributed by atoms with van der Waals surface area (Å²) in [5.74, 6) is -0.196. The summed E-state index contributed by atoms with van der Waals surface area (Å²) in [4.78, 5) is 24.4. The average Bonchev–Trinajstić information content (AvgIpc) is 2.76. The molecule has 0 saturated carbocycles. The number of thiophene rings is 1. The molecule has 0 bridgehead atoms. The van der Waals surface area contributed by atoms with Gasteiger partial charge in [0.25, 0.3) is 5.91 Å². The summed E-state index contributed by atoms with van der Waals surface area (Å²) >= 11 is 1.22. The molecule has 98 valence electrons. The lowest BCUT2D eigenvalue weighted by Gasteiger charge is -2.06. The van der Waals surface area contributed by atoms with Crippen molar-refractivity contribution in [2.45, 2.75) is 20.8 Å². The van der Waals surface area contributed by atoms with Gasteiger partial charge in [0.05, 0.1) is 9.75 Å². The molecule has 2 rings (SSSR count). The quantitative estimate of drug-likeness (QED) is 0.864. The number of nitrogens with one attached hydrogen (secondary N) is 1. The summed E-state index contributed by atoms with van der Waals surface area (Å²) in [6, 6.07) is 9.26. The van der Waals surface area contributed by atoms with Gasteiger partial charge in [0, 0.05) is 5.69 Å². The fourth-order valence-electron chi connectivity index (χ4n) is 1.89. The summed E-state index contributed by atoms with van der Waals surface area (Å²) < 4.78 is 0. The van der Waals surface area contributed by atoms with Gasteiger partial charge >= 0.3 is 0 Å². The van der Waals surface area contributed by atoms with Crippen LogP contribution in [0.25, 0.3) is 0 Å². The summed E-state index contributed by atoms with van der Waals surface area (Å²) in [5.41, 5.74) is 2.98. The molecule has 1 N–H and O–H groups in total. The predicted molar refractivity (Wildman–Crippen MR) is 78.2 cm³/mol. The van der Waals surface area contributed by atoms with Gasteiger partial charge < -0.3 is 5.32 Å². The van der Waals surface area contributed by atoms with Crippen LogP contribution >= 0.6 is 11.3 Å². The zero-order valence-electron chi connectivity index (χ0n) is 11.1. The Morgan fingerprint density at radius 2 is 1.58 bits per heavy atom.